The highest BCUT2D eigenvalue weighted by molar-refractivity contribution is 8.00. The number of benzene rings is 1. The normalized spacial score (nSPS) is 14.7. The molecule has 1 aromatic carbocycles. The van der Waals surface area contributed by atoms with Crippen molar-refractivity contribution in [2.75, 3.05) is 28.7 Å². The Balaban J connectivity index is 1.98. The molecule has 110 valence electrons. The van der Waals surface area contributed by atoms with Crippen LogP contribution in [0.4, 0.5) is 30.2 Å². The Labute approximate surface area is 118 Å². The van der Waals surface area contributed by atoms with Crippen molar-refractivity contribution in [2.24, 2.45) is 0 Å². The van der Waals surface area contributed by atoms with Gasteiger partial charge in [-0.3, -0.25) is 4.79 Å². The van der Waals surface area contributed by atoms with Gasteiger partial charge >= 0.3 is 5.51 Å². The van der Waals surface area contributed by atoms with Crippen LogP contribution >= 0.6 is 11.8 Å². The molecule has 0 unspecified atom stereocenters. The zero-order chi connectivity index (χ0) is 14.8. The van der Waals surface area contributed by atoms with E-state index in [9.17, 15) is 18.0 Å². The highest BCUT2D eigenvalue weighted by atomic mass is 32.2. The summed E-state index contributed by atoms with van der Waals surface area (Å²) in [6.45, 7) is 0.140. The summed E-state index contributed by atoms with van der Waals surface area (Å²) >= 11 is -0.0852. The molecule has 0 saturated carbocycles. The number of amides is 1. The third-order valence-corrected chi connectivity index (χ3v) is 3.59. The molecule has 0 saturated heterocycles. The number of rotatable bonds is 4. The Morgan fingerprint density at radius 1 is 1.35 bits per heavy atom. The fourth-order valence-electron chi connectivity index (χ4n) is 1.95. The molecule has 0 atom stereocenters. The minimum atomic E-state index is -4.23. The summed E-state index contributed by atoms with van der Waals surface area (Å²) in [5.41, 5.74) is 4.23. The van der Waals surface area contributed by atoms with Gasteiger partial charge in [-0.1, -0.05) is 0 Å². The van der Waals surface area contributed by atoms with E-state index in [1.54, 1.807) is 12.1 Å². The van der Waals surface area contributed by atoms with Crippen molar-refractivity contribution in [3.8, 4) is 0 Å². The molecule has 4 N–H and O–H groups in total. The molecule has 1 heterocycles. The fourth-order valence-corrected chi connectivity index (χ4v) is 2.39. The van der Waals surface area contributed by atoms with Gasteiger partial charge in [0, 0.05) is 24.4 Å². The van der Waals surface area contributed by atoms with Crippen LogP contribution in [0.15, 0.2) is 12.1 Å². The van der Waals surface area contributed by atoms with Crippen LogP contribution in [0.25, 0.3) is 0 Å². The topological polar surface area (TPSA) is 67.2 Å². The average molecular weight is 305 g/mol. The number of hydrogen-bond donors (Lipinski definition) is 3. The number of hydrogen-bond acceptors (Lipinski definition) is 4. The number of nitrogens with two attached hydrogens (primary N) is 1. The van der Waals surface area contributed by atoms with E-state index in [-0.39, 0.29) is 30.0 Å². The van der Waals surface area contributed by atoms with E-state index < -0.39 is 5.51 Å². The predicted octanol–water partition coefficient (Wildman–Crippen LogP) is 2.82. The molecule has 0 spiro atoms. The van der Waals surface area contributed by atoms with Crippen LogP contribution in [0, 0.1) is 0 Å². The molecule has 0 radical (unpaired) electrons. The van der Waals surface area contributed by atoms with Crippen LogP contribution < -0.4 is 16.4 Å². The van der Waals surface area contributed by atoms with Gasteiger partial charge in [0.25, 0.3) is 0 Å². The van der Waals surface area contributed by atoms with Gasteiger partial charge < -0.3 is 16.4 Å². The lowest BCUT2D eigenvalue weighted by molar-refractivity contribution is -0.116. The third kappa shape index (κ3) is 3.96. The summed E-state index contributed by atoms with van der Waals surface area (Å²) in [6.07, 6.45) is 1.04. The van der Waals surface area contributed by atoms with Gasteiger partial charge in [0.15, 0.2) is 0 Å². The highest BCUT2D eigenvalue weighted by Gasteiger charge is 2.27. The van der Waals surface area contributed by atoms with Crippen LogP contribution in [0.3, 0.4) is 0 Å². The van der Waals surface area contributed by atoms with Crippen molar-refractivity contribution >= 4 is 34.7 Å². The lowest BCUT2D eigenvalue weighted by Gasteiger charge is -2.19. The quantitative estimate of drug-likeness (QED) is 0.591. The van der Waals surface area contributed by atoms with Crippen molar-refractivity contribution in [3.05, 3.63) is 17.7 Å². The molecule has 20 heavy (non-hydrogen) atoms. The second kappa shape index (κ2) is 5.82. The number of nitrogens with one attached hydrogen (secondary N) is 2. The van der Waals surface area contributed by atoms with Gasteiger partial charge in [-0.05, 0) is 35.9 Å². The number of halogens is 3. The van der Waals surface area contributed by atoms with E-state index in [4.69, 9.17) is 5.73 Å². The first kappa shape index (κ1) is 14.8. The van der Waals surface area contributed by atoms with Gasteiger partial charge in [-0.15, -0.1) is 0 Å². The molecule has 0 bridgehead atoms. The summed E-state index contributed by atoms with van der Waals surface area (Å²) in [7, 11) is 0. The van der Waals surface area contributed by atoms with Crippen molar-refractivity contribution in [2.45, 2.75) is 18.3 Å². The van der Waals surface area contributed by atoms with Crippen LogP contribution in [-0.2, 0) is 11.2 Å². The minimum absolute atomic E-state index is 0.0687. The Kier molecular flexibility index (Phi) is 4.32. The van der Waals surface area contributed by atoms with Gasteiger partial charge in [-0.25, -0.2) is 0 Å². The smallest absolute Gasteiger partial charge is 0.397 e. The van der Waals surface area contributed by atoms with Crippen LogP contribution in [0.2, 0.25) is 0 Å². The van der Waals surface area contributed by atoms with Crippen LogP contribution in [0.5, 0.6) is 0 Å². The molecule has 2 rings (SSSR count). The van der Waals surface area contributed by atoms with Crippen LogP contribution in [0.1, 0.15) is 12.0 Å². The Hall–Kier alpha value is -1.57. The van der Waals surface area contributed by atoms with Gasteiger partial charge in [0.1, 0.15) is 0 Å². The molecule has 0 fully saturated rings. The number of thioether (sulfide) groups is 1. The maximum absolute atomic E-state index is 12.0. The van der Waals surface area contributed by atoms with E-state index in [0.29, 0.717) is 29.9 Å². The van der Waals surface area contributed by atoms with E-state index in [2.05, 4.69) is 10.6 Å². The van der Waals surface area contributed by atoms with Crippen molar-refractivity contribution in [3.63, 3.8) is 0 Å². The predicted molar refractivity (Wildman–Crippen MR) is 74.8 cm³/mol. The summed E-state index contributed by atoms with van der Waals surface area (Å²) in [4.78, 5) is 11.3. The first-order valence-corrected chi connectivity index (χ1v) is 7.00. The third-order valence-electron chi connectivity index (χ3n) is 2.85. The zero-order valence-corrected chi connectivity index (χ0v) is 11.3. The largest absolute Gasteiger partial charge is 0.441 e. The van der Waals surface area contributed by atoms with Crippen molar-refractivity contribution < 1.29 is 18.0 Å². The molecule has 0 aliphatic carbocycles. The second-order valence-electron chi connectivity index (χ2n) is 4.37. The van der Waals surface area contributed by atoms with Gasteiger partial charge in [0.05, 0.1) is 11.4 Å². The molecule has 4 nitrogen and oxygen atoms in total. The lowest BCUT2D eigenvalue weighted by atomic mass is 10.0. The van der Waals surface area contributed by atoms with Crippen LogP contribution in [-0.4, -0.2) is 23.7 Å². The summed E-state index contributed by atoms with van der Waals surface area (Å²) in [5, 5.41) is 5.58. The fraction of sp³-hybridized carbons (Fsp3) is 0.417. The average Bonchev–Trinajstić information content (AvgIpc) is 2.34. The second-order valence-corrected chi connectivity index (χ2v) is 5.53. The molecule has 1 aromatic rings. The first-order valence-electron chi connectivity index (χ1n) is 6.02. The molecule has 1 aliphatic heterocycles. The standard InChI is InChI=1S/C12H14F3N3OS/c13-12(14,15)20-4-3-17-10-6-9-7(5-8(10)16)1-2-11(19)18-9/h5-6,17H,1-4,16H2,(H,18,19). The Morgan fingerprint density at radius 2 is 2.10 bits per heavy atom. The molecular weight excluding hydrogens is 291 g/mol. The summed E-state index contributed by atoms with van der Waals surface area (Å²) < 4.78 is 36.0. The number of alkyl halides is 3. The summed E-state index contributed by atoms with van der Waals surface area (Å²) in [6, 6.07) is 3.41. The van der Waals surface area contributed by atoms with E-state index in [1.165, 1.54) is 0 Å². The molecular formula is C12H14F3N3OS. The van der Waals surface area contributed by atoms with Crippen molar-refractivity contribution in [1.29, 1.82) is 0 Å². The van der Waals surface area contributed by atoms with E-state index in [1.807, 2.05) is 0 Å². The first-order chi connectivity index (χ1) is 9.35. The van der Waals surface area contributed by atoms with E-state index >= 15 is 0 Å². The maximum Gasteiger partial charge on any atom is 0.441 e. The number of anilines is 3. The summed E-state index contributed by atoms with van der Waals surface area (Å²) in [5.74, 6) is -0.173. The number of nitrogen functional groups attached to an aromatic ring is 1. The van der Waals surface area contributed by atoms with Crippen molar-refractivity contribution in [1.82, 2.24) is 0 Å². The minimum Gasteiger partial charge on any atom is -0.397 e. The molecule has 1 amide bonds. The number of aryl methyl sites for hydroxylation is 1. The zero-order valence-electron chi connectivity index (χ0n) is 10.5. The molecule has 0 aromatic heterocycles. The molecule has 1 aliphatic rings. The monoisotopic (exact) mass is 305 g/mol. The number of fused-ring (bicyclic) bond motifs is 1. The Morgan fingerprint density at radius 3 is 2.80 bits per heavy atom. The van der Waals surface area contributed by atoms with Gasteiger partial charge in [0.2, 0.25) is 5.91 Å². The molecule has 8 heteroatoms. The SMILES string of the molecule is Nc1cc2c(cc1NCCSC(F)(F)F)NC(=O)CC2. The number of carbonyl (C=O) groups excluding carboxylic acids is 1. The van der Waals surface area contributed by atoms with Gasteiger partial charge in [-0.2, -0.15) is 13.2 Å². The maximum atomic E-state index is 12.0. The lowest BCUT2D eigenvalue weighted by Crippen LogP contribution is -2.19. The Bertz CT molecular complexity index is 519. The highest BCUT2D eigenvalue weighted by Crippen LogP contribution is 2.32. The van der Waals surface area contributed by atoms with E-state index in [0.717, 1.165) is 5.56 Å². The number of carbonyl (C=O) groups is 1.